The monoisotopic (exact) mass is 170 g/mol. The van der Waals surface area contributed by atoms with Crippen molar-refractivity contribution in [3.05, 3.63) is 48.4 Å². The minimum absolute atomic E-state index is 1.10. The Labute approximate surface area is 77.5 Å². The second kappa shape index (κ2) is 3.30. The van der Waals surface area contributed by atoms with Gasteiger partial charge in [0.05, 0.1) is 12.4 Å². The van der Waals surface area contributed by atoms with Crippen molar-refractivity contribution in [2.75, 3.05) is 4.90 Å². The Morgan fingerprint density at radius 3 is 2.69 bits per heavy atom. The van der Waals surface area contributed by atoms with E-state index in [2.05, 4.69) is 23.0 Å². The van der Waals surface area contributed by atoms with Gasteiger partial charge in [-0.05, 0) is 19.1 Å². The fourth-order valence-corrected chi connectivity index (χ4v) is 1.25. The van der Waals surface area contributed by atoms with Crippen LogP contribution in [-0.4, -0.2) is 5.87 Å². The molecule has 0 bridgehead atoms. The molecule has 0 spiro atoms. The molecule has 1 aromatic carbocycles. The highest BCUT2D eigenvalue weighted by atomic mass is 15.1. The van der Waals surface area contributed by atoms with Crippen LogP contribution in [0.1, 0.15) is 6.92 Å². The van der Waals surface area contributed by atoms with E-state index in [1.165, 1.54) is 0 Å². The quantitative estimate of drug-likeness (QED) is 0.632. The maximum Gasteiger partial charge on any atom is 0.0711 e. The summed E-state index contributed by atoms with van der Waals surface area (Å²) in [5.74, 6) is 2.81. The van der Waals surface area contributed by atoms with Gasteiger partial charge in [-0.2, -0.15) is 0 Å². The predicted octanol–water partition coefficient (Wildman–Crippen LogP) is 2.55. The Kier molecular flexibility index (Phi) is 1.99. The second-order valence-corrected chi connectivity index (χ2v) is 2.86. The Bertz CT molecular complexity index is 384. The zero-order chi connectivity index (χ0) is 9.10. The fraction of sp³-hybridized carbons (Fsp3) is 0.0909. The van der Waals surface area contributed by atoms with Crippen molar-refractivity contribution >= 4 is 11.6 Å². The molecule has 0 amide bonds. The first kappa shape index (κ1) is 7.84. The number of allylic oxidation sites excluding steroid dienone is 1. The number of rotatable bonds is 1. The van der Waals surface area contributed by atoms with Crippen molar-refractivity contribution in [2.24, 2.45) is 4.99 Å². The normalized spacial score (nSPS) is 14.5. The molecular formula is C11H10N2. The van der Waals surface area contributed by atoms with E-state index in [1.54, 1.807) is 6.20 Å². The van der Waals surface area contributed by atoms with E-state index in [-0.39, 0.29) is 0 Å². The van der Waals surface area contributed by atoms with Gasteiger partial charge < -0.3 is 4.90 Å². The van der Waals surface area contributed by atoms with E-state index >= 15 is 0 Å². The van der Waals surface area contributed by atoms with Crippen molar-refractivity contribution in [3.8, 4) is 0 Å². The van der Waals surface area contributed by atoms with E-state index < -0.39 is 0 Å². The lowest BCUT2D eigenvalue weighted by molar-refractivity contribution is 1.13. The molecule has 2 rings (SSSR count). The summed E-state index contributed by atoms with van der Waals surface area (Å²) in [6.45, 7) is 2.02. The Morgan fingerprint density at radius 2 is 2.00 bits per heavy atom. The van der Waals surface area contributed by atoms with Gasteiger partial charge in [0.2, 0.25) is 0 Å². The second-order valence-electron chi connectivity index (χ2n) is 2.86. The molecule has 1 aliphatic heterocycles. The number of para-hydroxylation sites is 1. The van der Waals surface area contributed by atoms with Crippen LogP contribution >= 0.6 is 0 Å². The van der Waals surface area contributed by atoms with E-state index in [0.29, 0.717) is 0 Å². The molecule has 0 aromatic heterocycles. The molecule has 1 aliphatic rings. The molecular weight excluding hydrogens is 160 g/mol. The Balaban J connectivity index is 2.38. The number of aliphatic imine (C=N–C) groups is 1. The van der Waals surface area contributed by atoms with E-state index in [9.17, 15) is 0 Å². The number of hydrogen-bond donors (Lipinski definition) is 0. The van der Waals surface area contributed by atoms with Gasteiger partial charge in [-0.3, -0.25) is 0 Å². The molecule has 2 heteroatoms. The number of hydrogen-bond acceptors (Lipinski definition) is 2. The SMILES string of the molecule is CC1=CN=C=CN1c1ccccc1. The van der Waals surface area contributed by atoms with Crippen molar-refractivity contribution in [2.45, 2.75) is 6.92 Å². The minimum Gasteiger partial charge on any atom is -0.311 e. The number of benzene rings is 1. The largest absolute Gasteiger partial charge is 0.311 e. The summed E-state index contributed by atoms with van der Waals surface area (Å²) < 4.78 is 0. The van der Waals surface area contributed by atoms with Crippen LogP contribution < -0.4 is 4.90 Å². The van der Waals surface area contributed by atoms with Gasteiger partial charge in [0.25, 0.3) is 0 Å². The number of nitrogens with zero attached hydrogens (tertiary/aromatic N) is 2. The van der Waals surface area contributed by atoms with Gasteiger partial charge in [-0.1, -0.05) is 18.2 Å². The van der Waals surface area contributed by atoms with Crippen molar-refractivity contribution in [1.29, 1.82) is 0 Å². The molecule has 0 N–H and O–H groups in total. The molecule has 0 radical (unpaired) electrons. The molecule has 2 nitrogen and oxygen atoms in total. The first-order valence-corrected chi connectivity index (χ1v) is 4.18. The summed E-state index contributed by atoms with van der Waals surface area (Å²) >= 11 is 0. The molecule has 1 aromatic rings. The summed E-state index contributed by atoms with van der Waals surface area (Å²) in [6, 6.07) is 10.1. The summed E-state index contributed by atoms with van der Waals surface area (Å²) in [7, 11) is 0. The molecule has 0 atom stereocenters. The van der Waals surface area contributed by atoms with Crippen LogP contribution in [0.25, 0.3) is 0 Å². The maximum absolute atomic E-state index is 3.92. The zero-order valence-electron chi connectivity index (χ0n) is 7.44. The summed E-state index contributed by atoms with van der Waals surface area (Å²) in [5.41, 5.74) is 2.24. The Morgan fingerprint density at radius 1 is 1.23 bits per heavy atom. The number of anilines is 1. The molecule has 0 saturated carbocycles. The van der Waals surface area contributed by atoms with Crippen LogP contribution in [0.4, 0.5) is 5.69 Å². The van der Waals surface area contributed by atoms with Gasteiger partial charge >= 0.3 is 0 Å². The molecule has 1 heterocycles. The van der Waals surface area contributed by atoms with Crippen LogP contribution in [0.15, 0.2) is 53.4 Å². The average molecular weight is 170 g/mol. The summed E-state index contributed by atoms with van der Waals surface area (Å²) in [4.78, 5) is 5.97. The van der Waals surface area contributed by atoms with E-state index in [1.807, 2.05) is 36.2 Å². The van der Waals surface area contributed by atoms with Gasteiger partial charge in [0.15, 0.2) is 0 Å². The average Bonchev–Trinajstić information content (AvgIpc) is 2.20. The highest BCUT2D eigenvalue weighted by Gasteiger charge is 2.05. The highest BCUT2D eigenvalue weighted by molar-refractivity contribution is 5.67. The van der Waals surface area contributed by atoms with Crippen molar-refractivity contribution in [1.82, 2.24) is 0 Å². The molecule has 0 unspecified atom stereocenters. The van der Waals surface area contributed by atoms with Crippen LogP contribution in [0.3, 0.4) is 0 Å². The Hall–Kier alpha value is -1.79. The van der Waals surface area contributed by atoms with E-state index in [4.69, 9.17) is 0 Å². The van der Waals surface area contributed by atoms with Crippen LogP contribution in [0.5, 0.6) is 0 Å². The third-order valence-corrected chi connectivity index (χ3v) is 1.93. The van der Waals surface area contributed by atoms with Gasteiger partial charge in [0, 0.05) is 17.3 Å². The summed E-state index contributed by atoms with van der Waals surface area (Å²) in [5, 5.41) is 0. The van der Waals surface area contributed by atoms with Gasteiger partial charge in [-0.25, -0.2) is 4.99 Å². The first-order valence-electron chi connectivity index (χ1n) is 4.18. The lowest BCUT2D eigenvalue weighted by atomic mass is 10.3. The lowest BCUT2D eigenvalue weighted by Gasteiger charge is -2.20. The van der Waals surface area contributed by atoms with E-state index in [0.717, 1.165) is 11.4 Å². The molecule has 0 saturated heterocycles. The zero-order valence-corrected chi connectivity index (χ0v) is 7.44. The van der Waals surface area contributed by atoms with Crippen LogP contribution in [0.2, 0.25) is 0 Å². The molecule has 0 fully saturated rings. The molecule has 0 aliphatic carbocycles. The van der Waals surface area contributed by atoms with Gasteiger partial charge in [-0.15, -0.1) is 0 Å². The smallest absolute Gasteiger partial charge is 0.0711 e. The predicted molar refractivity (Wildman–Crippen MR) is 54.7 cm³/mol. The highest BCUT2D eigenvalue weighted by Crippen LogP contribution is 2.19. The van der Waals surface area contributed by atoms with Gasteiger partial charge in [0.1, 0.15) is 0 Å². The summed E-state index contributed by atoms with van der Waals surface area (Å²) in [6.07, 6.45) is 3.64. The minimum atomic E-state index is 1.10. The maximum atomic E-state index is 3.92. The van der Waals surface area contributed by atoms with Crippen molar-refractivity contribution in [3.63, 3.8) is 0 Å². The molecule has 64 valence electrons. The third-order valence-electron chi connectivity index (χ3n) is 1.93. The fourth-order valence-electron chi connectivity index (χ4n) is 1.25. The molecule has 13 heavy (non-hydrogen) atoms. The first-order chi connectivity index (χ1) is 6.38. The standard InChI is InChI=1S/C11H10N2/c1-10-9-12-7-8-13(10)11-5-3-2-4-6-11/h2-6,8-9H,1H3. The lowest BCUT2D eigenvalue weighted by Crippen LogP contribution is -2.14. The van der Waals surface area contributed by atoms with Crippen LogP contribution in [-0.2, 0) is 0 Å². The third kappa shape index (κ3) is 1.53. The van der Waals surface area contributed by atoms with Crippen LogP contribution in [0, 0.1) is 0 Å². The topological polar surface area (TPSA) is 15.6 Å². The van der Waals surface area contributed by atoms with Crippen molar-refractivity contribution < 1.29 is 0 Å².